The molecule has 0 fully saturated rings. The van der Waals surface area contributed by atoms with Gasteiger partial charge >= 0.3 is 0 Å². The molecule has 3 N–H and O–H groups in total. The van der Waals surface area contributed by atoms with E-state index in [0.29, 0.717) is 22.7 Å². The third-order valence-corrected chi connectivity index (χ3v) is 4.28. The largest absolute Gasteiger partial charge is 0.612 e. The first-order chi connectivity index (χ1) is 13.4. The number of rotatable bonds is 2. The van der Waals surface area contributed by atoms with Crippen molar-refractivity contribution in [3.63, 3.8) is 0 Å². The quantitative estimate of drug-likeness (QED) is 0.535. The highest BCUT2D eigenvalue weighted by molar-refractivity contribution is 6.46. The van der Waals surface area contributed by atoms with E-state index in [9.17, 15) is 19.2 Å². The molecule has 1 aromatic carbocycles. The maximum atomic E-state index is 14.1. The van der Waals surface area contributed by atoms with Gasteiger partial charge in [0, 0.05) is 24.8 Å². The standard InChI is InChI=1S/C18H13F2N6O2/c19-11-8-15-17(22-9-11)13(7-10-3-1-2-4-12(10)20)24-25(15)16-6-5-14(26(27)28)18(21)23-16/h1-6,8-9,21-22,24H,7H2/q-1. The number of allylic oxidation sites excluding steroid dienone is 3. The van der Waals surface area contributed by atoms with Gasteiger partial charge in [0.2, 0.25) is 5.84 Å². The van der Waals surface area contributed by atoms with Gasteiger partial charge in [-0.1, -0.05) is 18.2 Å². The highest BCUT2D eigenvalue weighted by Gasteiger charge is 2.33. The van der Waals surface area contributed by atoms with Crippen LogP contribution >= 0.6 is 0 Å². The first-order valence-electron chi connectivity index (χ1n) is 8.18. The molecule has 1 aromatic rings. The maximum Gasteiger partial charge on any atom is 0.267 e. The Labute approximate surface area is 157 Å². The summed E-state index contributed by atoms with van der Waals surface area (Å²) >= 11 is 0. The first kappa shape index (κ1) is 17.5. The zero-order valence-electron chi connectivity index (χ0n) is 14.2. The van der Waals surface area contributed by atoms with E-state index < -0.39 is 22.3 Å². The number of hydrogen-bond acceptors (Lipinski definition) is 6. The summed E-state index contributed by atoms with van der Waals surface area (Å²) in [5.41, 5.74) is 4.47. The van der Waals surface area contributed by atoms with Crippen molar-refractivity contribution < 1.29 is 13.7 Å². The molecule has 3 heterocycles. The fraction of sp³-hybridized carbons (Fsp3) is 0.0556. The van der Waals surface area contributed by atoms with Crippen LogP contribution in [0.3, 0.4) is 0 Å². The average molecular weight is 383 g/mol. The zero-order chi connectivity index (χ0) is 19.8. The lowest BCUT2D eigenvalue weighted by Gasteiger charge is -2.24. The lowest BCUT2D eigenvalue weighted by atomic mass is 10.1. The van der Waals surface area contributed by atoms with Crippen LogP contribution < -0.4 is 10.7 Å². The van der Waals surface area contributed by atoms with E-state index in [1.165, 1.54) is 29.4 Å². The Bertz CT molecular complexity index is 1060. The molecule has 0 aliphatic carbocycles. The minimum atomic E-state index is -0.701. The van der Waals surface area contributed by atoms with E-state index in [1.54, 1.807) is 18.2 Å². The predicted octanol–water partition coefficient (Wildman–Crippen LogP) is 2.09. The van der Waals surface area contributed by atoms with Gasteiger partial charge in [0.25, 0.3) is 5.71 Å². The van der Waals surface area contributed by atoms with Crippen molar-refractivity contribution in [1.82, 2.24) is 15.8 Å². The number of hydrazine groups is 1. The van der Waals surface area contributed by atoms with Crippen LogP contribution in [0.4, 0.5) is 8.78 Å². The summed E-state index contributed by atoms with van der Waals surface area (Å²) in [6.07, 6.45) is 5.12. The van der Waals surface area contributed by atoms with Gasteiger partial charge < -0.3 is 15.7 Å². The second-order valence-electron chi connectivity index (χ2n) is 6.07. The van der Waals surface area contributed by atoms with E-state index in [1.807, 2.05) is 0 Å². The van der Waals surface area contributed by atoms with Gasteiger partial charge in [-0.05, 0) is 17.7 Å². The molecule has 0 bridgehead atoms. The number of aliphatic imine (C=N–C) groups is 1. The lowest BCUT2D eigenvalue weighted by molar-refractivity contribution is -0.376. The van der Waals surface area contributed by atoms with Crippen molar-refractivity contribution in [2.45, 2.75) is 6.42 Å². The summed E-state index contributed by atoms with van der Waals surface area (Å²) in [4.78, 5) is 3.23. The van der Waals surface area contributed by atoms with Crippen molar-refractivity contribution in [2.24, 2.45) is 4.99 Å². The number of fused-ring (bicyclic) bond motifs is 1. The molecule has 142 valence electrons. The summed E-state index contributed by atoms with van der Waals surface area (Å²) in [6.45, 7) is 0. The summed E-state index contributed by atoms with van der Waals surface area (Å²) in [6, 6.07) is 6.29. The van der Waals surface area contributed by atoms with Crippen LogP contribution in [0.15, 0.2) is 76.6 Å². The van der Waals surface area contributed by atoms with E-state index in [2.05, 4.69) is 15.7 Å². The van der Waals surface area contributed by atoms with Gasteiger partial charge in [-0.2, -0.15) is 4.90 Å². The number of dihydropyridines is 2. The third-order valence-electron chi connectivity index (χ3n) is 4.28. The molecule has 0 saturated heterocycles. The number of halogens is 2. The molecule has 4 rings (SSSR count). The summed E-state index contributed by atoms with van der Waals surface area (Å²) < 4.78 is 27.9. The first-order valence-corrected chi connectivity index (χ1v) is 8.18. The second-order valence-corrected chi connectivity index (χ2v) is 6.07. The minimum absolute atomic E-state index is 0.166. The number of nitrogens with one attached hydrogen (secondary N) is 3. The molecule has 0 saturated carbocycles. The molecular formula is C18H13F2N6O2-. The van der Waals surface area contributed by atoms with Crippen LogP contribution in [-0.4, -0.2) is 27.3 Å². The fourth-order valence-electron chi connectivity index (χ4n) is 2.98. The summed E-state index contributed by atoms with van der Waals surface area (Å²) in [5.74, 6) is -1.26. The highest BCUT2D eigenvalue weighted by Crippen LogP contribution is 2.30. The topological polar surface area (TPSA) is 113 Å². The molecule has 3 aliphatic rings. The van der Waals surface area contributed by atoms with Gasteiger partial charge in [-0.15, -0.1) is 0 Å². The minimum Gasteiger partial charge on any atom is -0.612 e. The van der Waals surface area contributed by atoms with E-state index in [0.717, 1.165) is 6.08 Å². The number of benzene rings is 1. The van der Waals surface area contributed by atoms with Gasteiger partial charge in [-0.25, -0.2) is 18.8 Å². The Kier molecular flexibility index (Phi) is 4.15. The SMILES string of the molecule is N=C1N=C(N2NC(Cc3ccccc3F)=C3NC=C(F)C=C32)C=CC1=[N+]([O-])[O-]. The van der Waals surface area contributed by atoms with Gasteiger partial charge in [0.05, 0.1) is 17.1 Å². The molecule has 8 nitrogen and oxygen atoms in total. The maximum absolute atomic E-state index is 14.1. The average Bonchev–Trinajstić information content (AvgIpc) is 3.00. The van der Waals surface area contributed by atoms with Crippen molar-refractivity contribution in [3.05, 3.63) is 93.4 Å². The molecule has 0 spiro atoms. The molecule has 10 heteroatoms. The molecule has 0 amide bonds. The molecule has 0 aromatic heterocycles. The molecule has 0 atom stereocenters. The predicted molar refractivity (Wildman–Crippen MR) is 98.8 cm³/mol. The van der Waals surface area contributed by atoms with Crippen LogP contribution in [-0.2, 0) is 6.42 Å². The second kappa shape index (κ2) is 6.65. The van der Waals surface area contributed by atoms with Crippen molar-refractivity contribution >= 4 is 17.4 Å². The van der Waals surface area contributed by atoms with Crippen LogP contribution in [0, 0.1) is 21.6 Å². The molecule has 0 unspecified atom stereocenters. The Hall–Kier alpha value is -3.95. The Morgan fingerprint density at radius 2 is 1.96 bits per heavy atom. The van der Waals surface area contributed by atoms with Crippen molar-refractivity contribution in [2.75, 3.05) is 0 Å². The van der Waals surface area contributed by atoms with E-state index in [-0.39, 0.29) is 18.1 Å². The molecule has 3 aliphatic heterocycles. The Morgan fingerprint density at radius 3 is 2.68 bits per heavy atom. The van der Waals surface area contributed by atoms with Crippen LogP contribution in [0.5, 0.6) is 0 Å². The van der Waals surface area contributed by atoms with Crippen LogP contribution in [0.1, 0.15) is 5.56 Å². The fourth-order valence-corrected chi connectivity index (χ4v) is 2.98. The Morgan fingerprint density at radius 1 is 1.18 bits per heavy atom. The molecule has 0 radical (unpaired) electrons. The van der Waals surface area contributed by atoms with Gasteiger partial charge in [-0.3, -0.25) is 10.8 Å². The molecule has 28 heavy (non-hydrogen) atoms. The third kappa shape index (κ3) is 3.00. The molecular weight excluding hydrogens is 370 g/mol. The highest BCUT2D eigenvalue weighted by atomic mass is 19.1. The number of amidine groups is 2. The monoisotopic (exact) mass is 383 g/mol. The summed E-state index contributed by atoms with van der Waals surface area (Å²) in [5, 5.41) is 33.8. The number of nitrogens with zero attached hydrogens (tertiary/aromatic N) is 3. The van der Waals surface area contributed by atoms with E-state index in [4.69, 9.17) is 5.41 Å². The van der Waals surface area contributed by atoms with Crippen LogP contribution in [0.2, 0.25) is 0 Å². The van der Waals surface area contributed by atoms with Crippen molar-refractivity contribution in [1.29, 1.82) is 5.41 Å². The smallest absolute Gasteiger partial charge is 0.267 e. The Balaban J connectivity index is 1.69. The normalized spacial score (nSPS) is 18.2. The lowest BCUT2D eigenvalue weighted by Crippen LogP contribution is -2.39. The summed E-state index contributed by atoms with van der Waals surface area (Å²) in [7, 11) is 0. The van der Waals surface area contributed by atoms with E-state index >= 15 is 0 Å². The zero-order valence-corrected chi connectivity index (χ0v) is 14.2. The van der Waals surface area contributed by atoms with Gasteiger partial charge in [0.1, 0.15) is 11.6 Å². The number of hydrogen-bond donors (Lipinski definition) is 3. The van der Waals surface area contributed by atoms with Crippen LogP contribution in [0.25, 0.3) is 0 Å². The van der Waals surface area contributed by atoms with Gasteiger partial charge in [0.15, 0.2) is 5.84 Å². The van der Waals surface area contributed by atoms with Crippen molar-refractivity contribution in [3.8, 4) is 0 Å².